The van der Waals surface area contributed by atoms with Gasteiger partial charge in [-0.25, -0.2) is 10.4 Å². The van der Waals surface area contributed by atoms with Crippen LogP contribution in [-0.4, -0.2) is 22.2 Å². The lowest BCUT2D eigenvalue weighted by atomic mass is 10.1. The number of rotatable bonds is 4. The molecule has 2 aromatic heterocycles. The number of aromatic hydroxyl groups is 1. The Hall–Kier alpha value is -4.26. The van der Waals surface area contributed by atoms with E-state index in [0.717, 1.165) is 22.0 Å². The van der Waals surface area contributed by atoms with Crippen molar-refractivity contribution in [2.24, 2.45) is 5.10 Å². The minimum atomic E-state index is 0.0681. The summed E-state index contributed by atoms with van der Waals surface area (Å²) in [5, 5.41) is 16.0. The number of phenols is 1. The van der Waals surface area contributed by atoms with E-state index in [2.05, 4.69) is 20.5 Å². The lowest BCUT2D eigenvalue weighted by Crippen LogP contribution is -2.08. The Bertz CT molecular complexity index is 1400. The molecule has 0 unspecified atom stereocenters. The second kappa shape index (κ2) is 7.29. The van der Waals surface area contributed by atoms with Gasteiger partial charge in [-0.15, -0.1) is 0 Å². The predicted molar refractivity (Wildman–Crippen MR) is 115 cm³/mol. The Balaban J connectivity index is 1.62. The molecule has 0 bridgehead atoms. The first-order valence-electron chi connectivity index (χ1n) is 9.36. The number of hydrogen-bond donors (Lipinski definition) is 3. The summed E-state index contributed by atoms with van der Waals surface area (Å²) >= 11 is 0. The lowest BCUT2D eigenvalue weighted by Gasteiger charge is -2.08. The van der Waals surface area contributed by atoms with Gasteiger partial charge in [-0.3, -0.25) is 0 Å². The molecule has 30 heavy (non-hydrogen) atoms. The standard InChI is InChI=1S/C23H18N4O3/c1-29-22-12-14(10-11-19(22)28)21-13-18(15-6-2-5-9-20(15)30-21)26-27-23-24-16-7-3-4-8-17(16)25-23/h2-13,28H,1H3,(H2,24,25,27). The Labute approximate surface area is 171 Å². The summed E-state index contributed by atoms with van der Waals surface area (Å²) in [4.78, 5) is 7.69. The maximum Gasteiger partial charge on any atom is 0.222 e. The van der Waals surface area contributed by atoms with Crippen molar-refractivity contribution in [3.8, 4) is 22.8 Å². The van der Waals surface area contributed by atoms with Crippen LogP contribution in [0, 0.1) is 0 Å². The molecule has 0 aliphatic carbocycles. The van der Waals surface area contributed by atoms with E-state index in [1.165, 1.54) is 7.11 Å². The molecule has 0 spiro atoms. The maximum absolute atomic E-state index is 9.88. The molecule has 148 valence electrons. The molecule has 2 heterocycles. The smallest absolute Gasteiger partial charge is 0.222 e. The van der Waals surface area contributed by atoms with Crippen molar-refractivity contribution in [1.29, 1.82) is 0 Å². The molecule has 0 aliphatic heterocycles. The molecule has 0 amide bonds. The average Bonchev–Trinajstić information content (AvgIpc) is 3.20. The van der Waals surface area contributed by atoms with E-state index in [1.807, 2.05) is 54.6 Å². The van der Waals surface area contributed by atoms with E-state index < -0.39 is 0 Å². The third-order valence-corrected chi connectivity index (χ3v) is 4.79. The van der Waals surface area contributed by atoms with Crippen LogP contribution in [0.3, 0.4) is 0 Å². The van der Waals surface area contributed by atoms with Gasteiger partial charge in [0, 0.05) is 17.0 Å². The third kappa shape index (κ3) is 3.22. The second-order valence-electron chi connectivity index (χ2n) is 6.70. The summed E-state index contributed by atoms with van der Waals surface area (Å²) in [6, 6.07) is 22.3. The van der Waals surface area contributed by atoms with E-state index >= 15 is 0 Å². The number of anilines is 1. The van der Waals surface area contributed by atoms with Crippen LogP contribution in [0.15, 0.2) is 82.3 Å². The molecule has 0 saturated heterocycles. The van der Waals surface area contributed by atoms with Crippen LogP contribution in [0.5, 0.6) is 11.5 Å². The number of aromatic amines is 1. The van der Waals surface area contributed by atoms with Crippen molar-refractivity contribution < 1.29 is 14.3 Å². The van der Waals surface area contributed by atoms with Gasteiger partial charge >= 0.3 is 0 Å². The van der Waals surface area contributed by atoms with Gasteiger partial charge in [-0.2, -0.15) is 5.10 Å². The van der Waals surface area contributed by atoms with Gasteiger partial charge in [0.2, 0.25) is 5.95 Å². The van der Waals surface area contributed by atoms with Gasteiger partial charge in [-0.1, -0.05) is 24.3 Å². The van der Waals surface area contributed by atoms with Gasteiger partial charge in [0.25, 0.3) is 0 Å². The highest BCUT2D eigenvalue weighted by molar-refractivity contribution is 5.79. The molecular weight excluding hydrogens is 380 g/mol. The molecule has 0 saturated carbocycles. The van der Waals surface area contributed by atoms with Crippen molar-refractivity contribution >= 4 is 28.0 Å². The van der Waals surface area contributed by atoms with Crippen molar-refractivity contribution in [1.82, 2.24) is 9.97 Å². The van der Waals surface area contributed by atoms with E-state index in [4.69, 9.17) is 9.15 Å². The molecule has 5 rings (SSSR count). The minimum absolute atomic E-state index is 0.0681. The average molecular weight is 398 g/mol. The number of fused-ring (bicyclic) bond motifs is 2. The number of phenolic OH excluding ortho intramolecular Hbond substituents is 1. The minimum Gasteiger partial charge on any atom is -0.504 e. The molecule has 3 N–H and O–H groups in total. The Kier molecular flexibility index (Phi) is 4.33. The molecule has 3 aromatic carbocycles. The molecule has 5 aromatic rings. The number of imidazole rings is 1. The largest absolute Gasteiger partial charge is 0.504 e. The van der Waals surface area contributed by atoms with Gasteiger partial charge < -0.3 is 19.2 Å². The Morgan fingerprint density at radius 1 is 1.03 bits per heavy atom. The monoisotopic (exact) mass is 398 g/mol. The first kappa shape index (κ1) is 17.8. The number of nitrogens with zero attached hydrogens (tertiary/aromatic N) is 2. The fourth-order valence-corrected chi connectivity index (χ4v) is 3.30. The number of methoxy groups -OCH3 is 1. The predicted octanol–water partition coefficient (Wildman–Crippen LogP) is 4.62. The van der Waals surface area contributed by atoms with Crippen molar-refractivity contribution in [3.05, 3.63) is 78.2 Å². The van der Waals surface area contributed by atoms with Gasteiger partial charge in [-0.05, 0) is 42.5 Å². The first-order valence-corrected chi connectivity index (χ1v) is 9.36. The fourth-order valence-electron chi connectivity index (χ4n) is 3.30. The zero-order valence-corrected chi connectivity index (χ0v) is 16.1. The van der Waals surface area contributed by atoms with E-state index in [-0.39, 0.29) is 5.75 Å². The van der Waals surface area contributed by atoms with Gasteiger partial charge in [0.1, 0.15) is 11.3 Å². The summed E-state index contributed by atoms with van der Waals surface area (Å²) in [5.41, 5.74) is 6.24. The number of ether oxygens (including phenoxy) is 1. The number of hydrogen-bond acceptors (Lipinski definition) is 6. The third-order valence-electron chi connectivity index (χ3n) is 4.79. The zero-order valence-electron chi connectivity index (χ0n) is 16.1. The van der Waals surface area contributed by atoms with Crippen LogP contribution >= 0.6 is 0 Å². The van der Waals surface area contributed by atoms with Gasteiger partial charge in [0.05, 0.1) is 23.5 Å². The molecule has 0 aliphatic rings. The Morgan fingerprint density at radius 3 is 2.73 bits per heavy atom. The highest BCUT2D eigenvalue weighted by atomic mass is 16.5. The molecule has 0 atom stereocenters. The summed E-state index contributed by atoms with van der Waals surface area (Å²) < 4.78 is 11.3. The van der Waals surface area contributed by atoms with Crippen molar-refractivity contribution in [3.63, 3.8) is 0 Å². The summed E-state index contributed by atoms with van der Waals surface area (Å²) in [7, 11) is 1.51. The van der Waals surface area contributed by atoms with Crippen LogP contribution in [0.25, 0.3) is 33.3 Å². The van der Waals surface area contributed by atoms with Crippen LogP contribution < -0.4 is 15.5 Å². The summed E-state index contributed by atoms with van der Waals surface area (Å²) in [6.07, 6.45) is 0. The van der Waals surface area contributed by atoms with E-state index in [1.54, 1.807) is 18.2 Å². The normalized spacial score (nSPS) is 11.8. The summed E-state index contributed by atoms with van der Waals surface area (Å²) in [5.74, 6) is 1.58. The van der Waals surface area contributed by atoms with E-state index in [0.29, 0.717) is 28.4 Å². The molecule has 7 heteroatoms. The van der Waals surface area contributed by atoms with E-state index in [9.17, 15) is 5.11 Å². The van der Waals surface area contributed by atoms with Gasteiger partial charge in [0.15, 0.2) is 11.5 Å². The molecule has 7 nitrogen and oxygen atoms in total. The number of nitrogens with one attached hydrogen (secondary N) is 2. The SMILES string of the molecule is COc1cc(-c2cc(=NNc3nc4ccccc4[nH]3)c3ccccc3o2)ccc1O. The topological polar surface area (TPSA) is 95.7 Å². The maximum atomic E-state index is 9.88. The van der Waals surface area contributed by atoms with Crippen LogP contribution in [0.2, 0.25) is 0 Å². The number of benzene rings is 3. The highest BCUT2D eigenvalue weighted by Gasteiger charge is 2.09. The number of para-hydroxylation sites is 3. The second-order valence-corrected chi connectivity index (χ2v) is 6.70. The number of H-pyrrole nitrogens is 1. The highest BCUT2D eigenvalue weighted by Crippen LogP contribution is 2.31. The van der Waals surface area contributed by atoms with Crippen LogP contribution in [0.1, 0.15) is 0 Å². The first-order chi connectivity index (χ1) is 14.7. The molecular formula is C23H18N4O3. The van der Waals surface area contributed by atoms with Crippen LogP contribution in [-0.2, 0) is 0 Å². The van der Waals surface area contributed by atoms with Crippen molar-refractivity contribution in [2.75, 3.05) is 12.5 Å². The quantitative estimate of drug-likeness (QED) is 0.384. The van der Waals surface area contributed by atoms with Crippen molar-refractivity contribution in [2.45, 2.75) is 0 Å². The number of aromatic nitrogens is 2. The zero-order chi connectivity index (χ0) is 20.5. The van der Waals surface area contributed by atoms with Crippen LogP contribution in [0.4, 0.5) is 5.95 Å². The lowest BCUT2D eigenvalue weighted by molar-refractivity contribution is 0.373. The fraction of sp³-hybridized carbons (Fsp3) is 0.0435. The molecule has 0 fully saturated rings. The molecule has 0 radical (unpaired) electrons. The summed E-state index contributed by atoms with van der Waals surface area (Å²) in [6.45, 7) is 0. The Morgan fingerprint density at radius 2 is 1.87 bits per heavy atom.